The number of fused-ring (bicyclic) bond motifs is 1. The fraction of sp³-hybridized carbons (Fsp3) is 0.143. The van der Waals surface area contributed by atoms with Crippen LogP contribution in [0.4, 0.5) is 5.95 Å². The second-order valence-electron chi connectivity index (χ2n) is 6.68. The van der Waals surface area contributed by atoms with Crippen LogP contribution >= 0.6 is 11.6 Å². The first-order valence-electron chi connectivity index (χ1n) is 9.15. The zero-order valence-electron chi connectivity index (χ0n) is 15.0. The molecular formula is C21H17ClN6. The Morgan fingerprint density at radius 2 is 1.79 bits per heavy atom. The fourth-order valence-electron chi connectivity index (χ4n) is 3.90. The maximum absolute atomic E-state index is 6.14. The Hall–Kier alpha value is -3.25. The van der Waals surface area contributed by atoms with Crippen LogP contribution in [-0.2, 0) is 13.0 Å². The number of benzene rings is 2. The van der Waals surface area contributed by atoms with E-state index in [-0.39, 0.29) is 0 Å². The van der Waals surface area contributed by atoms with Gasteiger partial charge < -0.3 is 4.57 Å². The van der Waals surface area contributed by atoms with E-state index in [1.54, 1.807) is 0 Å². The van der Waals surface area contributed by atoms with Crippen LogP contribution in [-0.4, -0.2) is 31.4 Å². The van der Waals surface area contributed by atoms with Gasteiger partial charge in [-0.2, -0.15) is 5.21 Å². The van der Waals surface area contributed by atoms with E-state index in [2.05, 4.69) is 66.6 Å². The topological polar surface area (TPSA) is 71.8 Å². The first kappa shape index (κ1) is 16.9. The number of nitrogens with zero attached hydrogens (tertiary/aromatic N) is 5. The average molecular weight is 389 g/mol. The van der Waals surface area contributed by atoms with Crippen molar-refractivity contribution in [2.24, 2.45) is 4.99 Å². The van der Waals surface area contributed by atoms with Crippen molar-refractivity contribution in [3.05, 3.63) is 71.0 Å². The minimum absolute atomic E-state index is 0.317. The summed E-state index contributed by atoms with van der Waals surface area (Å²) < 4.78 is 2.36. The smallest absolute Gasteiger partial charge is 0.288 e. The number of nitrogens with one attached hydrogen (secondary N) is 1. The van der Waals surface area contributed by atoms with Gasteiger partial charge in [0.15, 0.2) is 0 Å². The lowest BCUT2D eigenvalue weighted by Gasteiger charge is -2.09. The van der Waals surface area contributed by atoms with Crippen molar-refractivity contribution in [3.8, 4) is 22.3 Å². The molecule has 0 amide bonds. The molecule has 7 heteroatoms. The number of tetrazole rings is 1. The Morgan fingerprint density at radius 3 is 2.54 bits per heavy atom. The predicted octanol–water partition coefficient (Wildman–Crippen LogP) is 4.69. The number of rotatable bonds is 4. The summed E-state index contributed by atoms with van der Waals surface area (Å²) in [6, 6.07) is 18.5. The third-order valence-corrected chi connectivity index (χ3v) is 5.29. The molecule has 0 spiro atoms. The first-order valence-corrected chi connectivity index (χ1v) is 9.53. The highest BCUT2D eigenvalue weighted by atomic mass is 35.5. The second kappa shape index (κ2) is 7.05. The molecule has 1 aliphatic rings. The van der Waals surface area contributed by atoms with Gasteiger partial charge >= 0.3 is 0 Å². The van der Waals surface area contributed by atoms with E-state index < -0.39 is 0 Å². The van der Waals surface area contributed by atoms with Gasteiger partial charge in [0, 0.05) is 28.4 Å². The van der Waals surface area contributed by atoms with Gasteiger partial charge in [-0.05, 0) is 41.3 Å². The van der Waals surface area contributed by atoms with E-state index in [1.807, 2.05) is 24.4 Å². The highest BCUT2D eigenvalue weighted by molar-refractivity contribution is 6.30. The molecular weight excluding hydrogens is 372 g/mol. The van der Waals surface area contributed by atoms with Crippen LogP contribution in [0.15, 0.2) is 59.6 Å². The highest BCUT2D eigenvalue weighted by Gasteiger charge is 2.26. The van der Waals surface area contributed by atoms with Gasteiger partial charge in [0.05, 0.1) is 11.9 Å². The summed E-state index contributed by atoms with van der Waals surface area (Å²) in [6.07, 6.45) is 4.01. The zero-order chi connectivity index (χ0) is 18.9. The third-order valence-electron chi connectivity index (χ3n) is 5.04. The van der Waals surface area contributed by atoms with Gasteiger partial charge in [-0.1, -0.05) is 59.2 Å². The molecule has 0 fully saturated rings. The number of aromatic nitrogens is 5. The summed E-state index contributed by atoms with van der Waals surface area (Å²) >= 11 is 6.14. The predicted molar refractivity (Wildman–Crippen MR) is 110 cm³/mol. The molecule has 5 rings (SSSR count). The largest absolute Gasteiger partial charge is 0.343 e. The lowest BCUT2D eigenvalue weighted by Crippen LogP contribution is -1.99. The molecule has 0 saturated heterocycles. The maximum Gasteiger partial charge on any atom is 0.288 e. The minimum Gasteiger partial charge on any atom is -0.343 e. The Balaban J connectivity index is 1.77. The zero-order valence-corrected chi connectivity index (χ0v) is 15.8. The molecule has 1 N–H and O–H groups in total. The van der Waals surface area contributed by atoms with Crippen molar-refractivity contribution < 1.29 is 0 Å². The molecule has 0 saturated carbocycles. The average Bonchev–Trinajstić information content (AvgIpc) is 3.45. The van der Waals surface area contributed by atoms with Crippen LogP contribution < -0.4 is 0 Å². The van der Waals surface area contributed by atoms with Crippen molar-refractivity contribution >= 4 is 23.8 Å². The molecule has 4 aromatic rings. The van der Waals surface area contributed by atoms with Gasteiger partial charge in [-0.25, -0.2) is 4.99 Å². The van der Waals surface area contributed by atoms with Gasteiger partial charge in [-0.15, -0.1) is 5.10 Å². The SMILES string of the molecule is Clc1ccc(-c2c(-c3ccccc3)c3n(c2/C=N/c2nn[nH]n2)CCC3)cc1. The Morgan fingerprint density at radius 1 is 1.00 bits per heavy atom. The molecule has 138 valence electrons. The Kier molecular flexibility index (Phi) is 4.25. The van der Waals surface area contributed by atoms with Crippen LogP contribution in [0.25, 0.3) is 22.3 Å². The molecule has 3 heterocycles. The molecule has 0 bridgehead atoms. The summed E-state index contributed by atoms with van der Waals surface area (Å²) in [5.41, 5.74) is 7.13. The number of aromatic amines is 1. The lowest BCUT2D eigenvalue weighted by molar-refractivity contribution is 0.746. The molecule has 0 aliphatic carbocycles. The summed E-state index contributed by atoms with van der Waals surface area (Å²) in [7, 11) is 0. The number of hydrogen-bond acceptors (Lipinski definition) is 4. The van der Waals surface area contributed by atoms with Gasteiger partial charge in [0.2, 0.25) is 0 Å². The first-order chi connectivity index (χ1) is 13.8. The van der Waals surface area contributed by atoms with E-state index in [0.29, 0.717) is 5.95 Å². The van der Waals surface area contributed by atoms with E-state index in [9.17, 15) is 0 Å². The van der Waals surface area contributed by atoms with Crippen molar-refractivity contribution in [2.45, 2.75) is 19.4 Å². The molecule has 2 aromatic carbocycles. The second-order valence-corrected chi connectivity index (χ2v) is 7.12. The van der Waals surface area contributed by atoms with Crippen LogP contribution in [0.5, 0.6) is 0 Å². The fourth-order valence-corrected chi connectivity index (χ4v) is 4.02. The van der Waals surface area contributed by atoms with Crippen LogP contribution in [0.2, 0.25) is 5.02 Å². The van der Waals surface area contributed by atoms with Gasteiger partial charge in [-0.3, -0.25) is 0 Å². The van der Waals surface area contributed by atoms with Crippen molar-refractivity contribution in [3.63, 3.8) is 0 Å². The maximum atomic E-state index is 6.14. The van der Waals surface area contributed by atoms with E-state index in [1.165, 1.54) is 16.8 Å². The van der Waals surface area contributed by atoms with Crippen molar-refractivity contribution in [2.75, 3.05) is 0 Å². The van der Waals surface area contributed by atoms with Crippen molar-refractivity contribution in [1.29, 1.82) is 0 Å². The highest BCUT2D eigenvalue weighted by Crippen LogP contribution is 2.42. The molecule has 2 aromatic heterocycles. The normalized spacial score (nSPS) is 13.3. The van der Waals surface area contributed by atoms with Crippen molar-refractivity contribution in [1.82, 2.24) is 25.2 Å². The molecule has 0 unspecified atom stereocenters. The van der Waals surface area contributed by atoms with Crippen LogP contribution in [0, 0.1) is 0 Å². The van der Waals surface area contributed by atoms with Gasteiger partial charge in [0.1, 0.15) is 0 Å². The molecule has 0 radical (unpaired) electrons. The summed E-state index contributed by atoms with van der Waals surface area (Å²) in [4.78, 5) is 4.44. The molecule has 6 nitrogen and oxygen atoms in total. The lowest BCUT2D eigenvalue weighted by atomic mass is 9.94. The number of hydrogen-bond donors (Lipinski definition) is 1. The summed E-state index contributed by atoms with van der Waals surface area (Å²) in [5, 5.41) is 14.6. The van der Waals surface area contributed by atoms with Gasteiger partial charge in [0.25, 0.3) is 5.95 Å². The molecule has 0 atom stereocenters. The Bertz CT molecular complexity index is 1130. The monoisotopic (exact) mass is 388 g/mol. The van der Waals surface area contributed by atoms with E-state index in [4.69, 9.17) is 11.6 Å². The van der Waals surface area contributed by atoms with Crippen LogP contribution in [0.3, 0.4) is 0 Å². The number of halogens is 1. The number of H-pyrrole nitrogens is 1. The minimum atomic E-state index is 0.317. The summed E-state index contributed by atoms with van der Waals surface area (Å²) in [6.45, 7) is 0.969. The van der Waals surface area contributed by atoms with E-state index >= 15 is 0 Å². The Labute approximate surface area is 166 Å². The van der Waals surface area contributed by atoms with E-state index in [0.717, 1.165) is 41.2 Å². The van der Waals surface area contributed by atoms with Crippen LogP contribution in [0.1, 0.15) is 17.8 Å². The third kappa shape index (κ3) is 2.92. The quantitative estimate of drug-likeness (QED) is 0.515. The molecule has 28 heavy (non-hydrogen) atoms. The molecule has 1 aliphatic heterocycles. The standard InChI is InChI=1S/C21H17ClN6/c22-16-10-8-15(9-11-16)20-18(13-23-21-24-26-27-25-21)28-12-4-7-17(28)19(20)14-5-2-1-3-6-14/h1-3,5-6,8-11,13H,4,7,12H2,(H,24,25,26,27)/b23-13+. The number of aliphatic imine (C=N–C) groups is 1. The summed E-state index contributed by atoms with van der Waals surface area (Å²) in [5.74, 6) is 0.317.